The third-order valence-electron chi connectivity index (χ3n) is 16.6. The van der Waals surface area contributed by atoms with Crippen LogP contribution in [0.4, 0.5) is 11.4 Å². The molecule has 4 heterocycles. The number of benzene rings is 2. The third kappa shape index (κ3) is 8.31. The molecule has 4 N–H and O–H groups in total. The molecule has 354 valence electrons. The number of aromatic nitrogens is 4. The number of halogens is 4. The number of imidazole rings is 2. The first kappa shape index (κ1) is 48.3. The Morgan fingerprint density at radius 3 is 1.35 bits per heavy atom. The van der Waals surface area contributed by atoms with Gasteiger partial charge in [0.2, 0.25) is 0 Å². The van der Waals surface area contributed by atoms with Gasteiger partial charge in [-0.15, -0.1) is 24.8 Å². The number of fused-ring (bicyclic) bond motifs is 6. The summed E-state index contributed by atoms with van der Waals surface area (Å²) in [6, 6.07) is 10.7. The van der Waals surface area contributed by atoms with Gasteiger partial charge in [0.1, 0.15) is 0 Å². The molecule has 0 saturated heterocycles. The van der Waals surface area contributed by atoms with Gasteiger partial charge in [0.25, 0.3) is 11.8 Å². The molecule has 14 nitrogen and oxygen atoms in total. The largest absolute Gasteiger partial charge is 0.481 e. The SMILES string of the molecule is Cl.Cl.Cn1c(C(=O)Nc2cccc(-c3cccc(NC(=O)c4nc5c(n4C)CCN(CCC46CCC(C(=O)O)(CC4)C6)C5)c3Cl)c2Cl)nc2c1CCN(CCC13CCC(C(=O)O)(CC1)C3)C2. The maximum absolute atomic E-state index is 13.8. The standard InChI is InChI=1S/C48H56Cl2N8O6.2ClH/c1-55-35-9-21-57(23-19-45-11-15-47(27-45,16-12-45)43(61)62)25-33(35)51-39(55)41(59)53-31-7-3-5-29(37(31)49)30-6-4-8-32(38(30)50)54-42(60)40-52-34-26-58(22-10-36(34)56(40)2)24-20-46-13-17-48(28-46,18-14-46)44(63)64;;/h3-8H,9-28H2,1-2H3,(H,53,59)(H,54,60)(H,61,62)(H,63,64);2*1H. The van der Waals surface area contributed by atoms with E-state index in [1.165, 1.54) is 0 Å². The van der Waals surface area contributed by atoms with Gasteiger partial charge in [0.05, 0.1) is 43.6 Å². The minimum atomic E-state index is -0.633. The number of hydrogen-bond acceptors (Lipinski definition) is 8. The Morgan fingerprint density at radius 1 is 0.621 bits per heavy atom. The summed E-state index contributed by atoms with van der Waals surface area (Å²) in [5.74, 6) is -1.45. The smallest absolute Gasteiger partial charge is 0.309 e. The van der Waals surface area contributed by atoms with Crippen molar-refractivity contribution in [3.63, 3.8) is 0 Å². The number of anilines is 2. The van der Waals surface area contributed by atoms with Crippen LogP contribution in [0.25, 0.3) is 11.1 Å². The van der Waals surface area contributed by atoms with Crippen molar-refractivity contribution in [3.05, 3.63) is 80.9 Å². The summed E-state index contributed by atoms with van der Waals surface area (Å²) in [5.41, 5.74) is 4.99. The van der Waals surface area contributed by atoms with Crippen LogP contribution in [-0.2, 0) is 49.6 Å². The van der Waals surface area contributed by atoms with Crippen molar-refractivity contribution in [3.8, 4) is 11.1 Å². The van der Waals surface area contributed by atoms with Gasteiger partial charge >= 0.3 is 11.9 Å². The second kappa shape index (κ2) is 18.0. The fraction of sp³-hybridized carbons (Fsp3) is 0.542. The number of amides is 2. The molecule has 18 heteroatoms. The molecule has 0 spiro atoms. The van der Waals surface area contributed by atoms with Crippen LogP contribution >= 0.6 is 48.0 Å². The Morgan fingerprint density at radius 2 is 1.00 bits per heavy atom. The van der Waals surface area contributed by atoms with Gasteiger partial charge in [-0.3, -0.25) is 29.0 Å². The van der Waals surface area contributed by atoms with E-state index in [2.05, 4.69) is 20.4 Å². The van der Waals surface area contributed by atoms with Gasteiger partial charge in [-0.25, -0.2) is 9.97 Å². The number of carboxylic acids is 2. The van der Waals surface area contributed by atoms with E-state index in [0.29, 0.717) is 57.3 Å². The molecule has 66 heavy (non-hydrogen) atoms. The summed E-state index contributed by atoms with van der Waals surface area (Å²) in [7, 11) is 3.73. The van der Waals surface area contributed by atoms with Crippen LogP contribution in [0.3, 0.4) is 0 Å². The minimum Gasteiger partial charge on any atom is -0.481 e. The fourth-order valence-electron chi connectivity index (χ4n) is 12.7. The second-order valence-corrected chi connectivity index (χ2v) is 20.9. The maximum Gasteiger partial charge on any atom is 0.309 e. The molecule has 0 atom stereocenters. The quantitative estimate of drug-likeness (QED) is 0.101. The molecule has 4 fully saturated rings. The molecule has 4 aliphatic carbocycles. The van der Waals surface area contributed by atoms with E-state index in [4.69, 9.17) is 33.2 Å². The van der Waals surface area contributed by atoms with Crippen molar-refractivity contribution >= 4 is 83.1 Å². The Bertz CT molecular complexity index is 2420. The van der Waals surface area contributed by atoms with Crippen LogP contribution in [0.5, 0.6) is 0 Å². The highest BCUT2D eigenvalue weighted by Gasteiger charge is 2.59. The molecule has 0 radical (unpaired) electrons. The lowest BCUT2D eigenvalue weighted by Gasteiger charge is -2.32. The Hall–Kier alpha value is -4.18. The summed E-state index contributed by atoms with van der Waals surface area (Å²) in [6.45, 7) is 4.75. The molecule has 2 amide bonds. The molecule has 6 aliphatic rings. The zero-order chi connectivity index (χ0) is 44.8. The highest BCUT2D eigenvalue weighted by atomic mass is 35.5. The number of rotatable bonds is 13. The molecule has 2 aromatic heterocycles. The number of carboxylic acid groups (broad SMARTS) is 2. The highest BCUT2D eigenvalue weighted by molar-refractivity contribution is 6.40. The van der Waals surface area contributed by atoms with Gasteiger partial charge in [0.15, 0.2) is 11.6 Å². The van der Waals surface area contributed by atoms with Crippen molar-refractivity contribution in [1.29, 1.82) is 0 Å². The van der Waals surface area contributed by atoms with Gasteiger partial charge in [-0.05, 0) is 113 Å². The summed E-state index contributed by atoms with van der Waals surface area (Å²) in [4.78, 5) is 66.0. The summed E-state index contributed by atoms with van der Waals surface area (Å²) in [5, 5.41) is 26.2. The van der Waals surface area contributed by atoms with Crippen LogP contribution in [0.1, 0.15) is 121 Å². The first-order chi connectivity index (χ1) is 30.6. The van der Waals surface area contributed by atoms with Gasteiger partial charge < -0.3 is 30.0 Å². The molecule has 2 aliphatic heterocycles. The number of carbonyl (C=O) groups is 4. The van der Waals surface area contributed by atoms with E-state index in [9.17, 15) is 29.4 Å². The van der Waals surface area contributed by atoms with Gasteiger partial charge in [-0.2, -0.15) is 0 Å². The molecular formula is C48H58Cl4N8O6. The zero-order valence-corrected chi connectivity index (χ0v) is 40.5. The zero-order valence-electron chi connectivity index (χ0n) is 37.4. The Kier molecular flexibility index (Phi) is 13.2. The number of hydrogen-bond donors (Lipinski definition) is 4. The summed E-state index contributed by atoms with van der Waals surface area (Å²) < 4.78 is 3.73. The first-order valence-electron chi connectivity index (χ1n) is 22.8. The molecular weight excluding hydrogens is 926 g/mol. The van der Waals surface area contributed by atoms with Crippen molar-refractivity contribution in [1.82, 2.24) is 28.9 Å². The van der Waals surface area contributed by atoms with Crippen LogP contribution in [0, 0.1) is 21.7 Å². The third-order valence-corrected chi connectivity index (χ3v) is 17.5. The number of aliphatic carboxylic acids is 2. The van der Waals surface area contributed by atoms with Crippen LogP contribution < -0.4 is 10.6 Å². The molecule has 4 saturated carbocycles. The number of nitrogens with zero attached hydrogens (tertiary/aromatic N) is 6. The van der Waals surface area contributed by atoms with Gasteiger partial charge in [-0.1, -0.05) is 47.5 Å². The minimum absolute atomic E-state index is 0. The molecule has 0 unspecified atom stereocenters. The molecule has 4 bridgehead atoms. The van der Waals surface area contributed by atoms with E-state index in [-0.39, 0.29) is 47.5 Å². The number of nitrogens with one attached hydrogen (secondary N) is 2. The Labute approximate surface area is 407 Å². The lowest BCUT2D eigenvalue weighted by atomic mass is 9.80. The van der Waals surface area contributed by atoms with Crippen molar-refractivity contribution in [2.45, 2.75) is 103 Å². The average molecular weight is 985 g/mol. The topological polar surface area (TPSA) is 175 Å². The van der Waals surface area contributed by atoms with E-state index < -0.39 is 22.8 Å². The molecule has 10 rings (SSSR count). The average Bonchev–Trinajstić information content (AvgIpc) is 4.15. The van der Waals surface area contributed by atoms with E-state index in [1.54, 1.807) is 24.3 Å². The predicted octanol–water partition coefficient (Wildman–Crippen LogP) is 9.04. The van der Waals surface area contributed by atoms with E-state index >= 15 is 0 Å². The highest BCUT2D eigenvalue weighted by Crippen LogP contribution is 2.64. The lowest BCUT2D eigenvalue weighted by molar-refractivity contribution is -0.149. The first-order valence-corrected chi connectivity index (χ1v) is 23.6. The predicted molar refractivity (Wildman–Crippen MR) is 257 cm³/mol. The summed E-state index contributed by atoms with van der Waals surface area (Å²) >= 11 is 14.0. The fourth-order valence-corrected chi connectivity index (χ4v) is 13.2. The van der Waals surface area contributed by atoms with E-state index in [1.807, 2.05) is 35.4 Å². The Balaban J connectivity index is 0.00000296. The normalized spacial score (nSPS) is 26.3. The number of carbonyl (C=O) groups excluding carboxylic acids is 2. The van der Waals surface area contributed by atoms with Crippen LogP contribution in [-0.4, -0.2) is 89.0 Å². The lowest BCUT2D eigenvalue weighted by Crippen LogP contribution is -2.34. The van der Waals surface area contributed by atoms with E-state index in [0.717, 1.165) is 139 Å². The van der Waals surface area contributed by atoms with Crippen molar-refractivity contribution in [2.75, 3.05) is 36.8 Å². The maximum atomic E-state index is 13.8. The molecule has 2 aromatic carbocycles. The van der Waals surface area contributed by atoms with Crippen LogP contribution in [0.2, 0.25) is 10.0 Å². The molecule has 4 aromatic rings. The van der Waals surface area contributed by atoms with Crippen LogP contribution in [0.15, 0.2) is 36.4 Å². The summed E-state index contributed by atoms with van der Waals surface area (Å²) in [6.07, 6.45) is 12.2. The monoisotopic (exact) mass is 982 g/mol. The van der Waals surface area contributed by atoms with Crippen molar-refractivity contribution < 1.29 is 29.4 Å². The van der Waals surface area contributed by atoms with Crippen molar-refractivity contribution in [2.24, 2.45) is 35.8 Å². The van der Waals surface area contributed by atoms with Gasteiger partial charge in [0, 0.05) is 75.6 Å². The second-order valence-electron chi connectivity index (χ2n) is 20.1.